The number of nitrogens with one attached hydrogen (secondary N) is 2. The molecule has 92 valence electrons. The van der Waals surface area contributed by atoms with E-state index in [1.807, 2.05) is 19.2 Å². The van der Waals surface area contributed by atoms with Crippen LogP contribution >= 0.6 is 0 Å². The summed E-state index contributed by atoms with van der Waals surface area (Å²) in [5.74, 6) is 1.41. The Balaban J connectivity index is 2.69. The molecule has 3 heteroatoms. The summed E-state index contributed by atoms with van der Waals surface area (Å²) < 4.78 is 5.40. The molecule has 1 heterocycles. The Morgan fingerprint density at radius 1 is 1.35 bits per heavy atom. The quantitative estimate of drug-likeness (QED) is 0.850. The lowest BCUT2D eigenvalue weighted by Crippen LogP contribution is -2.08. The largest absolute Gasteiger partial charge is 0.495 e. The minimum absolute atomic E-state index is 0.499. The third-order valence-corrected chi connectivity index (χ3v) is 3.07. The molecule has 2 rings (SSSR count). The zero-order chi connectivity index (χ0) is 12.4. The van der Waals surface area contributed by atoms with Crippen LogP contribution in [0.2, 0.25) is 0 Å². The third kappa shape index (κ3) is 2.03. The van der Waals surface area contributed by atoms with Crippen LogP contribution < -0.4 is 10.1 Å². The first-order valence-corrected chi connectivity index (χ1v) is 6.01. The number of aromatic amines is 1. The second-order valence-electron chi connectivity index (χ2n) is 4.59. The lowest BCUT2D eigenvalue weighted by Gasteiger charge is -2.07. The van der Waals surface area contributed by atoms with Gasteiger partial charge in [-0.25, -0.2) is 0 Å². The lowest BCUT2D eigenvalue weighted by molar-refractivity contribution is 0.419. The average molecular weight is 232 g/mol. The van der Waals surface area contributed by atoms with Gasteiger partial charge in [-0.3, -0.25) is 0 Å². The molecule has 0 spiro atoms. The molecule has 0 amide bonds. The van der Waals surface area contributed by atoms with Crippen molar-refractivity contribution >= 4 is 10.9 Å². The number of hydrogen-bond acceptors (Lipinski definition) is 2. The van der Waals surface area contributed by atoms with E-state index in [1.165, 1.54) is 16.6 Å². The fraction of sp³-hybridized carbons (Fsp3) is 0.429. The Morgan fingerprint density at radius 3 is 2.71 bits per heavy atom. The minimum Gasteiger partial charge on any atom is -0.495 e. The Hall–Kier alpha value is -1.48. The van der Waals surface area contributed by atoms with Crippen LogP contribution in [0.1, 0.15) is 31.0 Å². The summed E-state index contributed by atoms with van der Waals surface area (Å²) in [7, 11) is 3.68. The predicted molar refractivity (Wildman–Crippen MR) is 71.7 cm³/mol. The molecule has 17 heavy (non-hydrogen) atoms. The van der Waals surface area contributed by atoms with Crippen LogP contribution in [0.4, 0.5) is 0 Å². The first-order valence-electron chi connectivity index (χ1n) is 6.01. The van der Waals surface area contributed by atoms with Crippen LogP contribution in [-0.4, -0.2) is 19.1 Å². The number of methoxy groups -OCH3 is 1. The highest BCUT2D eigenvalue weighted by molar-refractivity contribution is 5.90. The molecule has 0 fully saturated rings. The number of aromatic nitrogens is 1. The summed E-state index contributed by atoms with van der Waals surface area (Å²) in [5, 5.41) is 4.47. The Bertz CT molecular complexity index is 514. The molecule has 2 aromatic rings. The molecule has 2 N–H and O–H groups in total. The molecule has 0 atom stereocenters. The smallest absolute Gasteiger partial charge is 0.142 e. The fourth-order valence-corrected chi connectivity index (χ4v) is 2.41. The van der Waals surface area contributed by atoms with E-state index in [-0.39, 0.29) is 0 Å². The van der Waals surface area contributed by atoms with Gasteiger partial charge >= 0.3 is 0 Å². The van der Waals surface area contributed by atoms with Gasteiger partial charge in [-0.15, -0.1) is 0 Å². The molecule has 0 saturated heterocycles. The van der Waals surface area contributed by atoms with E-state index < -0.39 is 0 Å². The number of rotatable bonds is 4. The third-order valence-electron chi connectivity index (χ3n) is 3.07. The molecule has 1 aromatic heterocycles. The average Bonchev–Trinajstić information content (AvgIpc) is 2.67. The monoisotopic (exact) mass is 232 g/mol. The predicted octanol–water partition coefficient (Wildman–Crippen LogP) is 3.02. The molecule has 3 nitrogen and oxygen atoms in total. The minimum atomic E-state index is 0.499. The van der Waals surface area contributed by atoms with Gasteiger partial charge in [-0.1, -0.05) is 26.0 Å². The number of ether oxygens (including phenoxy) is 1. The summed E-state index contributed by atoms with van der Waals surface area (Å²) in [6.45, 7) is 5.30. The van der Waals surface area contributed by atoms with Crippen molar-refractivity contribution in [2.45, 2.75) is 26.3 Å². The van der Waals surface area contributed by atoms with Crippen LogP contribution in [0.3, 0.4) is 0 Å². The molecule has 0 bridgehead atoms. The number of H-pyrrole nitrogens is 1. The Kier molecular flexibility index (Phi) is 3.38. The van der Waals surface area contributed by atoms with Crippen molar-refractivity contribution in [3.05, 3.63) is 29.5 Å². The van der Waals surface area contributed by atoms with Crippen molar-refractivity contribution in [1.82, 2.24) is 10.3 Å². The van der Waals surface area contributed by atoms with Crippen LogP contribution in [0, 0.1) is 0 Å². The highest BCUT2D eigenvalue weighted by Crippen LogP contribution is 2.33. The van der Waals surface area contributed by atoms with Gasteiger partial charge in [0.2, 0.25) is 0 Å². The van der Waals surface area contributed by atoms with Gasteiger partial charge in [-0.05, 0) is 24.6 Å². The van der Waals surface area contributed by atoms with Gasteiger partial charge < -0.3 is 15.0 Å². The molecule has 0 radical (unpaired) electrons. The van der Waals surface area contributed by atoms with E-state index in [4.69, 9.17) is 4.74 Å². The van der Waals surface area contributed by atoms with Crippen LogP contribution in [-0.2, 0) is 6.54 Å². The van der Waals surface area contributed by atoms with Gasteiger partial charge in [0.05, 0.1) is 12.6 Å². The van der Waals surface area contributed by atoms with Crippen molar-refractivity contribution in [3.63, 3.8) is 0 Å². The van der Waals surface area contributed by atoms with E-state index in [2.05, 4.69) is 30.2 Å². The van der Waals surface area contributed by atoms with E-state index in [0.29, 0.717) is 5.92 Å². The molecule has 0 saturated carbocycles. The van der Waals surface area contributed by atoms with Crippen LogP contribution in [0.5, 0.6) is 5.75 Å². The number of para-hydroxylation sites is 1. The zero-order valence-electron chi connectivity index (χ0n) is 10.9. The summed E-state index contributed by atoms with van der Waals surface area (Å²) >= 11 is 0. The number of benzene rings is 1. The molecule has 0 aliphatic heterocycles. The first-order chi connectivity index (χ1) is 8.19. The standard InChI is InChI=1S/C14H20N2O/c1-9(2)13-10-6-5-7-12(17-4)14(10)16-11(13)8-15-3/h5-7,9,15-16H,8H2,1-4H3. The maximum Gasteiger partial charge on any atom is 0.142 e. The molecule has 0 unspecified atom stereocenters. The summed E-state index contributed by atoms with van der Waals surface area (Å²) in [5.41, 5.74) is 3.74. The second kappa shape index (κ2) is 4.80. The van der Waals surface area contributed by atoms with Gasteiger partial charge in [0.1, 0.15) is 5.75 Å². The maximum absolute atomic E-state index is 5.40. The van der Waals surface area contributed by atoms with Crippen molar-refractivity contribution < 1.29 is 4.74 Å². The van der Waals surface area contributed by atoms with Crippen LogP contribution in [0.25, 0.3) is 10.9 Å². The molecular weight excluding hydrogens is 212 g/mol. The number of fused-ring (bicyclic) bond motifs is 1. The van der Waals surface area contributed by atoms with E-state index in [1.54, 1.807) is 7.11 Å². The SMILES string of the molecule is CNCc1[nH]c2c(OC)cccc2c1C(C)C. The van der Waals surface area contributed by atoms with Crippen LogP contribution in [0.15, 0.2) is 18.2 Å². The van der Waals surface area contributed by atoms with Crippen molar-refractivity contribution in [3.8, 4) is 5.75 Å². The van der Waals surface area contributed by atoms with Crippen molar-refractivity contribution in [2.24, 2.45) is 0 Å². The highest BCUT2D eigenvalue weighted by Gasteiger charge is 2.15. The Labute approximate surface area is 102 Å². The zero-order valence-corrected chi connectivity index (χ0v) is 10.9. The Morgan fingerprint density at radius 2 is 2.12 bits per heavy atom. The summed E-state index contributed by atoms with van der Waals surface area (Å²) in [4.78, 5) is 3.48. The lowest BCUT2D eigenvalue weighted by atomic mass is 9.99. The summed E-state index contributed by atoms with van der Waals surface area (Å²) in [6, 6.07) is 6.19. The van der Waals surface area contributed by atoms with Crippen molar-refractivity contribution in [2.75, 3.05) is 14.2 Å². The van der Waals surface area contributed by atoms with Gasteiger partial charge in [-0.2, -0.15) is 0 Å². The van der Waals surface area contributed by atoms with Crippen molar-refractivity contribution in [1.29, 1.82) is 0 Å². The van der Waals surface area contributed by atoms with E-state index in [9.17, 15) is 0 Å². The van der Waals surface area contributed by atoms with Gasteiger partial charge in [0.25, 0.3) is 0 Å². The molecule has 0 aliphatic rings. The second-order valence-corrected chi connectivity index (χ2v) is 4.59. The summed E-state index contributed by atoms with van der Waals surface area (Å²) in [6.07, 6.45) is 0. The van der Waals surface area contributed by atoms with E-state index >= 15 is 0 Å². The van der Waals surface area contributed by atoms with Gasteiger partial charge in [0.15, 0.2) is 0 Å². The molecule has 0 aliphatic carbocycles. The number of hydrogen-bond donors (Lipinski definition) is 2. The molecule has 1 aromatic carbocycles. The topological polar surface area (TPSA) is 37.0 Å². The first kappa shape index (κ1) is 12.0. The molecular formula is C14H20N2O. The fourth-order valence-electron chi connectivity index (χ4n) is 2.41. The maximum atomic E-state index is 5.40. The highest BCUT2D eigenvalue weighted by atomic mass is 16.5. The van der Waals surface area contributed by atoms with Gasteiger partial charge in [0, 0.05) is 17.6 Å². The van der Waals surface area contributed by atoms with E-state index in [0.717, 1.165) is 17.8 Å². The normalized spacial score (nSPS) is 11.4.